The van der Waals surface area contributed by atoms with Gasteiger partial charge in [-0.25, -0.2) is 0 Å². The van der Waals surface area contributed by atoms with Gasteiger partial charge in [0.25, 0.3) is 0 Å². The molecule has 0 aliphatic carbocycles. The molecule has 2 unspecified atom stereocenters. The summed E-state index contributed by atoms with van der Waals surface area (Å²) in [5.41, 5.74) is 2.04. The van der Waals surface area contributed by atoms with Crippen LogP contribution < -0.4 is 5.32 Å². The van der Waals surface area contributed by atoms with Crippen molar-refractivity contribution in [3.63, 3.8) is 0 Å². The van der Waals surface area contributed by atoms with Crippen LogP contribution in [0.15, 0.2) is 24.3 Å². The van der Waals surface area contributed by atoms with Crippen LogP contribution in [0.4, 0.5) is 5.69 Å². The molecule has 0 amide bonds. The first-order valence-electron chi connectivity index (χ1n) is 5.86. The van der Waals surface area contributed by atoms with Crippen molar-refractivity contribution in [2.75, 3.05) is 11.9 Å². The summed E-state index contributed by atoms with van der Waals surface area (Å²) in [6.07, 6.45) is 2.43. The Kier molecular flexibility index (Phi) is 3.80. The largest absolute Gasteiger partial charge is 0.392 e. The first kappa shape index (κ1) is 11.4. The number of rotatable bonds is 3. The van der Waals surface area contributed by atoms with Crippen molar-refractivity contribution in [3.05, 3.63) is 29.8 Å². The zero-order valence-corrected chi connectivity index (χ0v) is 9.65. The minimum atomic E-state index is 0.0969. The number of nitrogens with one attached hydrogen (secondary N) is 1. The Balaban J connectivity index is 1.97. The summed E-state index contributed by atoms with van der Waals surface area (Å²) in [6, 6.07) is 8.42. The smallest absolute Gasteiger partial charge is 0.0682 e. The molecule has 1 fully saturated rings. The van der Waals surface area contributed by atoms with Crippen molar-refractivity contribution < 1.29 is 9.84 Å². The normalized spacial score (nSPS) is 25.4. The fourth-order valence-electron chi connectivity index (χ4n) is 2.12. The fraction of sp³-hybridized carbons (Fsp3) is 0.538. The summed E-state index contributed by atoms with van der Waals surface area (Å²) < 4.78 is 5.51. The van der Waals surface area contributed by atoms with Gasteiger partial charge in [0, 0.05) is 18.3 Å². The maximum absolute atomic E-state index is 9.06. The van der Waals surface area contributed by atoms with E-state index in [0.29, 0.717) is 12.1 Å². The highest BCUT2D eigenvalue weighted by Crippen LogP contribution is 2.19. The molecule has 2 atom stereocenters. The van der Waals surface area contributed by atoms with Crippen LogP contribution >= 0.6 is 0 Å². The molecule has 2 N–H and O–H groups in total. The number of aliphatic hydroxyl groups is 1. The topological polar surface area (TPSA) is 41.5 Å². The van der Waals surface area contributed by atoms with Gasteiger partial charge in [0.1, 0.15) is 0 Å². The van der Waals surface area contributed by atoms with Crippen molar-refractivity contribution >= 4 is 5.69 Å². The quantitative estimate of drug-likeness (QED) is 0.821. The Labute approximate surface area is 96.4 Å². The molecule has 1 aromatic rings. The molecule has 0 saturated carbocycles. The van der Waals surface area contributed by atoms with Crippen LogP contribution in [0.2, 0.25) is 0 Å². The monoisotopic (exact) mass is 221 g/mol. The van der Waals surface area contributed by atoms with Gasteiger partial charge in [0.15, 0.2) is 0 Å². The highest BCUT2D eigenvalue weighted by Gasteiger charge is 2.18. The van der Waals surface area contributed by atoms with E-state index in [2.05, 4.69) is 12.2 Å². The fourth-order valence-corrected chi connectivity index (χ4v) is 2.12. The third kappa shape index (κ3) is 2.97. The standard InChI is InChI=1S/C13H19NO2/c1-10-7-13(5-6-16-10)14-12-4-2-3-11(8-12)9-15/h2-4,8,10,13-15H,5-7,9H2,1H3. The van der Waals surface area contributed by atoms with E-state index in [0.717, 1.165) is 30.7 Å². The molecule has 1 aliphatic heterocycles. The SMILES string of the molecule is CC1CC(Nc2cccc(CO)c2)CCO1. The van der Waals surface area contributed by atoms with E-state index in [9.17, 15) is 0 Å². The van der Waals surface area contributed by atoms with Crippen LogP contribution in [0.5, 0.6) is 0 Å². The van der Waals surface area contributed by atoms with Crippen molar-refractivity contribution in [1.29, 1.82) is 0 Å². The van der Waals surface area contributed by atoms with E-state index in [1.54, 1.807) is 0 Å². The van der Waals surface area contributed by atoms with Crippen molar-refractivity contribution in [3.8, 4) is 0 Å². The van der Waals surface area contributed by atoms with Crippen LogP contribution in [-0.2, 0) is 11.3 Å². The molecule has 1 heterocycles. The predicted octanol–water partition coefficient (Wildman–Crippen LogP) is 2.16. The first-order chi connectivity index (χ1) is 7.78. The summed E-state index contributed by atoms with van der Waals surface area (Å²) in [6.45, 7) is 3.04. The molecule has 0 radical (unpaired) electrons. The van der Waals surface area contributed by atoms with Gasteiger partial charge >= 0.3 is 0 Å². The lowest BCUT2D eigenvalue weighted by Gasteiger charge is -2.28. The Morgan fingerprint density at radius 3 is 3.12 bits per heavy atom. The van der Waals surface area contributed by atoms with Crippen molar-refractivity contribution in [2.24, 2.45) is 0 Å². The lowest BCUT2D eigenvalue weighted by molar-refractivity contribution is 0.0232. The highest BCUT2D eigenvalue weighted by molar-refractivity contribution is 5.46. The predicted molar refractivity (Wildman–Crippen MR) is 64.4 cm³/mol. The minimum Gasteiger partial charge on any atom is -0.392 e. The maximum Gasteiger partial charge on any atom is 0.0682 e. The molecule has 0 aromatic heterocycles. The Bertz CT molecular complexity index is 340. The number of hydrogen-bond acceptors (Lipinski definition) is 3. The van der Waals surface area contributed by atoms with Gasteiger partial charge < -0.3 is 15.2 Å². The molecular weight excluding hydrogens is 202 g/mol. The summed E-state index contributed by atoms with van der Waals surface area (Å²) in [7, 11) is 0. The van der Waals surface area contributed by atoms with Gasteiger partial charge in [-0.15, -0.1) is 0 Å². The summed E-state index contributed by atoms with van der Waals surface area (Å²) >= 11 is 0. The van der Waals surface area contributed by atoms with E-state index in [4.69, 9.17) is 9.84 Å². The van der Waals surface area contributed by atoms with Crippen LogP contribution in [0.3, 0.4) is 0 Å². The second kappa shape index (κ2) is 5.32. The number of hydrogen-bond donors (Lipinski definition) is 2. The summed E-state index contributed by atoms with van der Waals surface area (Å²) in [5.74, 6) is 0. The van der Waals surface area contributed by atoms with Crippen LogP contribution in [0, 0.1) is 0 Å². The Morgan fingerprint density at radius 2 is 2.38 bits per heavy atom. The molecule has 3 nitrogen and oxygen atoms in total. The van der Waals surface area contributed by atoms with Crippen LogP contribution in [0.25, 0.3) is 0 Å². The lowest BCUT2D eigenvalue weighted by atomic mass is 10.0. The molecule has 2 rings (SSSR count). The molecule has 1 saturated heterocycles. The number of ether oxygens (including phenoxy) is 1. The average Bonchev–Trinajstić information content (AvgIpc) is 2.29. The second-order valence-electron chi connectivity index (χ2n) is 4.41. The molecule has 3 heteroatoms. The molecule has 0 spiro atoms. The molecule has 1 aliphatic rings. The van der Waals surface area contributed by atoms with E-state index in [1.807, 2.05) is 24.3 Å². The van der Waals surface area contributed by atoms with Crippen molar-refractivity contribution in [2.45, 2.75) is 38.5 Å². The molecule has 1 aromatic carbocycles. The molecule has 0 bridgehead atoms. The number of anilines is 1. The molecule has 88 valence electrons. The van der Waals surface area contributed by atoms with Gasteiger partial charge in [-0.3, -0.25) is 0 Å². The van der Waals surface area contributed by atoms with E-state index < -0.39 is 0 Å². The number of aliphatic hydroxyl groups excluding tert-OH is 1. The maximum atomic E-state index is 9.06. The van der Waals surface area contributed by atoms with Gasteiger partial charge in [-0.1, -0.05) is 12.1 Å². The van der Waals surface area contributed by atoms with Gasteiger partial charge in [0.2, 0.25) is 0 Å². The zero-order chi connectivity index (χ0) is 11.4. The van der Waals surface area contributed by atoms with Gasteiger partial charge in [0.05, 0.1) is 12.7 Å². The summed E-state index contributed by atoms with van der Waals surface area (Å²) in [5, 5.41) is 12.6. The Hall–Kier alpha value is -1.06. The first-order valence-corrected chi connectivity index (χ1v) is 5.86. The second-order valence-corrected chi connectivity index (χ2v) is 4.41. The molecular formula is C13H19NO2. The lowest BCUT2D eigenvalue weighted by Crippen LogP contribution is -2.32. The van der Waals surface area contributed by atoms with E-state index in [1.165, 1.54) is 0 Å². The number of benzene rings is 1. The zero-order valence-electron chi connectivity index (χ0n) is 9.65. The van der Waals surface area contributed by atoms with E-state index >= 15 is 0 Å². The minimum absolute atomic E-state index is 0.0969. The van der Waals surface area contributed by atoms with Crippen LogP contribution in [-0.4, -0.2) is 23.9 Å². The Morgan fingerprint density at radius 1 is 1.50 bits per heavy atom. The third-order valence-corrected chi connectivity index (χ3v) is 2.97. The van der Waals surface area contributed by atoms with Crippen LogP contribution in [0.1, 0.15) is 25.3 Å². The third-order valence-electron chi connectivity index (χ3n) is 2.97. The van der Waals surface area contributed by atoms with Crippen molar-refractivity contribution in [1.82, 2.24) is 0 Å². The summed E-state index contributed by atoms with van der Waals surface area (Å²) in [4.78, 5) is 0. The van der Waals surface area contributed by atoms with E-state index in [-0.39, 0.29) is 6.61 Å². The van der Waals surface area contributed by atoms with Gasteiger partial charge in [-0.05, 0) is 37.5 Å². The molecule has 16 heavy (non-hydrogen) atoms. The van der Waals surface area contributed by atoms with Gasteiger partial charge in [-0.2, -0.15) is 0 Å². The average molecular weight is 221 g/mol. The highest BCUT2D eigenvalue weighted by atomic mass is 16.5.